The smallest absolute Gasteiger partial charge is 0.123 e. The van der Waals surface area contributed by atoms with Gasteiger partial charge in [0, 0.05) is 5.92 Å². The first-order chi connectivity index (χ1) is 8.31. The van der Waals surface area contributed by atoms with Crippen LogP contribution in [0.5, 0.6) is 0 Å². The first kappa shape index (κ1) is 11.8. The molecule has 2 aromatic carbocycles. The Morgan fingerprint density at radius 1 is 0.882 bits per heavy atom. The van der Waals surface area contributed by atoms with E-state index in [9.17, 15) is 4.39 Å². The highest BCUT2D eigenvalue weighted by Crippen LogP contribution is 2.27. The average Bonchev–Trinajstić information content (AvgIpc) is 2.38. The molecule has 0 saturated heterocycles. The fourth-order valence-corrected chi connectivity index (χ4v) is 2.07. The summed E-state index contributed by atoms with van der Waals surface area (Å²) in [6.07, 6.45) is 0.871. The topological polar surface area (TPSA) is 26.0 Å². The van der Waals surface area contributed by atoms with Crippen molar-refractivity contribution in [2.24, 2.45) is 5.73 Å². The summed E-state index contributed by atoms with van der Waals surface area (Å²) in [6.45, 7) is 0.622. The summed E-state index contributed by atoms with van der Waals surface area (Å²) < 4.78 is 12.9. The van der Waals surface area contributed by atoms with Gasteiger partial charge in [-0.3, -0.25) is 0 Å². The Labute approximate surface area is 101 Å². The molecule has 0 saturated carbocycles. The molecule has 2 heteroatoms. The molecule has 0 heterocycles. The summed E-state index contributed by atoms with van der Waals surface area (Å²) in [7, 11) is 0. The van der Waals surface area contributed by atoms with E-state index in [1.165, 1.54) is 17.7 Å². The van der Waals surface area contributed by atoms with Crippen molar-refractivity contribution in [2.45, 2.75) is 12.3 Å². The minimum Gasteiger partial charge on any atom is -0.330 e. The van der Waals surface area contributed by atoms with Crippen LogP contribution in [0.2, 0.25) is 0 Å². The Bertz CT molecular complexity index is 450. The Hall–Kier alpha value is -1.67. The lowest BCUT2D eigenvalue weighted by atomic mass is 9.89. The second-order valence-corrected chi connectivity index (χ2v) is 4.09. The van der Waals surface area contributed by atoms with Crippen LogP contribution >= 0.6 is 0 Å². The molecule has 0 unspecified atom stereocenters. The number of halogens is 1. The third-order valence-electron chi connectivity index (χ3n) is 2.93. The predicted molar refractivity (Wildman–Crippen MR) is 68.4 cm³/mol. The molecule has 2 N–H and O–H groups in total. The van der Waals surface area contributed by atoms with Crippen LogP contribution in [0.3, 0.4) is 0 Å². The van der Waals surface area contributed by atoms with Crippen LogP contribution in [-0.4, -0.2) is 6.54 Å². The fraction of sp³-hybridized carbons (Fsp3) is 0.200. The van der Waals surface area contributed by atoms with E-state index in [2.05, 4.69) is 12.1 Å². The molecule has 0 amide bonds. The van der Waals surface area contributed by atoms with Crippen LogP contribution in [-0.2, 0) is 0 Å². The highest BCUT2D eigenvalue weighted by Gasteiger charge is 2.12. The van der Waals surface area contributed by atoms with E-state index in [4.69, 9.17) is 5.73 Å². The van der Waals surface area contributed by atoms with E-state index < -0.39 is 0 Å². The lowest BCUT2D eigenvalue weighted by Gasteiger charge is -2.17. The zero-order valence-corrected chi connectivity index (χ0v) is 9.64. The third kappa shape index (κ3) is 2.92. The highest BCUT2D eigenvalue weighted by molar-refractivity contribution is 5.32. The van der Waals surface area contributed by atoms with Crippen LogP contribution in [0, 0.1) is 5.82 Å². The van der Waals surface area contributed by atoms with E-state index in [0.717, 1.165) is 12.0 Å². The van der Waals surface area contributed by atoms with Gasteiger partial charge in [-0.1, -0.05) is 42.5 Å². The van der Waals surface area contributed by atoms with Crippen molar-refractivity contribution in [3.8, 4) is 0 Å². The van der Waals surface area contributed by atoms with Crippen LogP contribution < -0.4 is 5.73 Å². The number of rotatable bonds is 4. The second kappa shape index (κ2) is 5.60. The predicted octanol–water partition coefficient (Wildman–Crippen LogP) is 3.31. The van der Waals surface area contributed by atoms with Crippen molar-refractivity contribution in [2.75, 3.05) is 6.54 Å². The SMILES string of the molecule is NCC[C@@H](c1ccccc1)c1ccc(F)cc1. The van der Waals surface area contributed by atoms with Gasteiger partial charge in [0.05, 0.1) is 0 Å². The monoisotopic (exact) mass is 229 g/mol. The molecule has 0 aromatic heterocycles. The van der Waals surface area contributed by atoms with E-state index in [1.807, 2.05) is 30.3 Å². The van der Waals surface area contributed by atoms with Crippen molar-refractivity contribution >= 4 is 0 Å². The number of benzene rings is 2. The summed E-state index contributed by atoms with van der Waals surface area (Å²) in [5, 5.41) is 0. The van der Waals surface area contributed by atoms with Gasteiger partial charge in [-0.05, 0) is 36.2 Å². The van der Waals surface area contributed by atoms with Crippen molar-refractivity contribution in [1.82, 2.24) is 0 Å². The third-order valence-corrected chi connectivity index (χ3v) is 2.93. The lowest BCUT2D eigenvalue weighted by Crippen LogP contribution is -2.08. The molecule has 0 radical (unpaired) electrons. The molecule has 0 aliphatic rings. The Balaban J connectivity index is 2.32. The first-order valence-corrected chi connectivity index (χ1v) is 5.81. The first-order valence-electron chi connectivity index (χ1n) is 5.81. The molecule has 1 nitrogen and oxygen atoms in total. The zero-order chi connectivity index (χ0) is 12.1. The lowest BCUT2D eigenvalue weighted by molar-refractivity contribution is 0.625. The van der Waals surface area contributed by atoms with Gasteiger partial charge in [-0.25, -0.2) is 4.39 Å². The van der Waals surface area contributed by atoms with Gasteiger partial charge in [0.15, 0.2) is 0 Å². The summed E-state index contributed by atoms with van der Waals surface area (Å²) in [5.41, 5.74) is 8.00. The quantitative estimate of drug-likeness (QED) is 0.855. The summed E-state index contributed by atoms with van der Waals surface area (Å²) in [5.74, 6) is 0.0510. The second-order valence-electron chi connectivity index (χ2n) is 4.09. The van der Waals surface area contributed by atoms with Crippen LogP contribution in [0.25, 0.3) is 0 Å². The standard InChI is InChI=1S/C15H16FN/c16-14-8-6-13(7-9-14)15(10-11-17)12-4-2-1-3-5-12/h1-9,15H,10-11,17H2/t15-/m0/s1. The number of hydrogen-bond acceptors (Lipinski definition) is 1. The van der Waals surface area contributed by atoms with E-state index in [-0.39, 0.29) is 11.7 Å². The minimum atomic E-state index is -0.201. The Morgan fingerprint density at radius 3 is 2.06 bits per heavy atom. The fourth-order valence-electron chi connectivity index (χ4n) is 2.07. The average molecular weight is 229 g/mol. The Kier molecular flexibility index (Phi) is 3.89. The molecule has 2 aromatic rings. The summed E-state index contributed by atoms with van der Waals surface area (Å²) in [4.78, 5) is 0. The summed E-state index contributed by atoms with van der Waals surface area (Å²) in [6, 6.07) is 16.9. The maximum atomic E-state index is 12.9. The van der Waals surface area contributed by atoms with Gasteiger partial charge in [-0.2, -0.15) is 0 Å². The normalized spacial score (nSPS) is 12.4. The van der Waals surface area contributed by atoms with Crippen LogP contribution in [0.4, 0.5) is 4.39 Å². The molecule has 2 rings (SSSR count). The maximum Gasteiger partial charge on any atom is 0.123 e. The largest absolute Gasteiger partial charge is 0.330 e. The zero-order valence-electron chi connectivity index (χ0n) is 9.64. The summed E-state index contributed by atoms with van der Waals surface area (Å²) >= 11 is 0. The molecular formula is C15H16FN. The maximum absolute atomic E-state index is 12.9. The van der Waals surface area contributed by atoms with Gasteiger partial charge in [0.2, 0.25) is 0 Å². The van der Waals surface area contributed by atoms with Crippen molar-refractivity contribution < 1.29 is 4.39 Å². The molecule has 1 atom stereocenters. The molecule has 0 aliphatic carbocycles. The highest BCUT2D eigenvalue weighted by atomic mass is 19.1. The Morgan fingerprint density at radius 2 is 1.47 bits per heavy atom. The molecule has 0 fully saturated rings. The van der Waals surface area contributed by atoms with E-state index >= 15 is 0 Å². The van der Waals surface area contributed by atoms with Gasteiger partial charge >= 0.3 is 0 Å². The minimum absolute atomic E-state index is 0.201. The molecule has 0 aliphatic heterocycles. The van der Waals surface area contributed by atoms with Gasteiger partial charge in [-0.15, -0.1) is 0 Å². The number of hydrogen-bond donors (Lipinski definition) is 1. The molecule has 88 valence electrons. The molecule has 0 spiro atoms. The van der Waals surface area contributed by atoms with Crippen molar-refractivity contribution in [1.29, 1.82) is 0 Å². The van der Waals surface area contributed by atoms with Crippen LogP contribution in [0.15, 0.2) is 54.6 Å². The molecular weight excluding hydrogens is 213 g/mol. The van der Waals surface area contributed by atoms with Gasteiger partial charge in [0.1, 0.15) is 5.82 Å². The van der Waals surface area contributed by atoms with Crippen molar-refractivity contribution in [3.05, 3.63) is 71.5 Å². The van der Waals surface area contributed by atoms with Gasteiger partial charge < -0.3 is 5.73 Å². The van der Waals surface area contributed by atoms with Crippen LogP contribution in [0.1, 0.15) is 23.5 Å². The van der Waals surface area contributed by atoms with E-state index in [1.54, 1.807) is 0 Å². The molecule has 0 bridgehead atoms. The molecule has 17 heavy (non-hydrogen) atoms. The van der Waals surface area contributed by atoms with Gasteiger partial charge in [0.25, 0.3) is 0 Å². The number of nitrogens with two attached hydrogens (primary N) is 1. The van der Waals surface area contributed by atoms with Crippen molar-refractivity contribution in [3.63, 3.8) is 0 Å². The van der Waals surface area contributed by atoms with E-state index in [0.29, 0.717) is 6.54 Å².